The molecule has 48 heavy (non-hydrogen) atoms. The van der Waals surface area contributed by atoms with Crippen LogP contribution in [-0.4, -0.2) is 105 Å². The van der Waals surface area contributed by atoms with Gasteiger partial charge in [0.2, 0.25) is 26.1 Å². The molecule has 3 N–H and O–H groups in total. The number of thiophene rings is 1. The van der Waals surface area contributed by atoms with Gasteiger partial charge in [-0.15, -0.1) is 11.3 Å². The van der Waals surface area contributed by atoms with Crippen LogP contribution in [-0.2, 0) is 20.0 Å². The topological polar surface area (TPSA) is 134 Å². The number of carbonyl (C=O) groups excluding carboxylic acids is 4. The van der Waals surface area contributed by atoms with E-state index >= 15 is 0 Å². The van der Waals surface area contributed by atoms with Crippen molar-refractivity contribution in [1.82, 2.24) is 20.0 Å². The van der Waals surface area contributed by atoms with Gasteiger partial charge in [0.1, 0.15) is 12.1 Å². The average Bonchev–Trinajstić information content (AvgIpc) is 3.76. The summed E-state index contributed by atoms with van der Waals surface area (Å²) in [5, 5.41) is 3.09. The fraction of sp³-hybridized carbons (Fsp3) is 0.455. The van der Waals surface area contributed by atoms with Gasteiger partial charge in [-0.3, -0.25) is 19.2 Å². The third kappa shape index (κ3) is 5.72. The molecule has 3 aromatic rings. The molecule has 0 spiro atoms. The van der Waals surface area contributed by atoms with E-state index in [1.165, 1.54) is 24.0 Å². The third-order valence-electron chi connectivity index (χ3n) is 10.2. The van der Waals surface area contributed by atoms with Crippen LogP contribution in [0, 0.1) is 0 Å². The highest BCUT2D eigenvalue weighted by molar-refractivity contribution is 7.46. The number of benzene rings is 2. The van der Waals surface area contributed by atoms with Crippen LogP contribution < -0.4 is 10.2 Å². The zero-order valence-corrected chi connectivity index (χ0v) is 27.9. The summed E-state index contributed by atoms with van der Waals surface area (Å²) in [6.45, 7) is 3.05. The maximum atomic E-state index is 14.3. The quantitative estimate of drug-likeness (QED) is 0.336. The molecule has 0 radical (unpaired) electrons. The SMILES string of the molecule is CC(=O)N1CC[C@H]2CC[C@@H](C(=O)N3CCC4C3CN4c3ccccc3)N2C(=O)[C@@H](NC(=O)c2cc3cc(C(F)(F)P(O)O)ccc3s2)C1. The van der Waals surface area contributed by atoms with E-state index in [9.17, 15) is 37.7 Å². The lowest BCUT2D eigenvalue weighted by Crippen LogP contribution is -2.65. The minimum absolute atomic E-state index is 0.0672. The molecular formula is C33H36F2N5O6PS. The lowest BCUT2D eigenvalue weighted by Gasteiger charge is -2.49. The van der Waals surface area contributed by atoms with Gasteiger partial charge in [0, 0.05) is 55.1 Å². The van der Waals surface area contributed by atoms with Gasteiger partial charge in [-0.25, -0.2) is 0 Å². The lowest BCUT2D eigenvalue weighted by molar-refractivity contribution is -0.149. The van der Waals surface area contributed by atoms with Crippen molar-refractivity contribution in [3.63, 3.8) is 0 Å². The molecule has 4 saturated heterocycles. The van der Waals surface area contributed by atoms with Crippen LogP contribution in [0.3, 0.4) is 0 Å². The number of carbonyl (C=O) groups is 4. The molecule has 4 amide bonds. The van der Waals surface area contributed by atoms with E-state index in [-0.39, 0.29) is 41.4 Å². The van der Waals surface area contributed by atoms with Gasteiger partial charge in [0.15, 0.2) is 0 Å². The number of rotatable bonds is 6. The van der Waals surface area contributed by atoms with E-state index in [2.05, 4.69) is 22.3 Å². The molecule has 0 aliphatic carbocycles. The van der Waals surface area contributed by atoms with Crippen molar-refractivity contribution in [3.8, 4) is 0 Å². The zero-order chi connectivity index (χ0) is 33.9. The van der Waals surface area contributed by atoms with E-state index in [1.807, 2.05) is 23.1 Å². The van der Waals surface area contributed by atoms with Crippen LogP contribution in [0.4, 0.5) is 14.5 Å². The molecule has 7 rings (SSSR count). The average molecular weight is 700 g/mol. The van der Waals surface area contributed by atoms with E-state index in [0.717, 1.165) is 42.1 Å². The summed E-state index contributed by atoms with van der Waals surface area (Å²) in [6, 6.07) is 13.3. The van der Waals surface area contributed by atoms with Crippen LogP contribution in [0.2, 0.25) is 0 Å². The number of para-hydroxylation sites is 1. The minimum atomic E-state index is -3.84. The highest BCUT2D eigenvalue weighted by Gasteiger charge is 2.53. The fourth-order valence-corrected chi connectivity index (χ4v) is 9.02. The van der Waals surface area contributed by atoms with Gasteiger partial charge < -0.3 is 34.7 Å². The van der Waals surface area contributed by atoms with Crippen molar-refractivity contribution < 1.29 is 37.7 Å². The minimum Gasteiger partial charge on any atom is -0.364 e. The highest BCUT2D eigenvalue weighted by Crippen LogP contribution is 2.53. The molecule has 0 bridgehead atoms. The van der Waals surface area contributed by atoms with E-state index in [4.69, 9.17) is 0 Å². The number of halogens is 2. The van der Waals surface area contributed by atoms with Gasteiger partial charge >= 0.3 is 5.66 Å². The molecule has 1 aromatic heterocycles. The number of nitrogens with one attached hydrogen (secondary N) is 1. The van der Waals surface area contributed by atoms with Crippen LogP contribution in [0.1, 0.15) is 47.8 Å². The van der Waals surface area contributed by atoms with Gasteiger partial charge in [-0.2, -0.15) is 8.78 Å². The summed E-state index contributed by atoms with van der Waals surface area (Å²) in [5.41, 5.74) is -3.30. The second-order valence-corrected chi connectivity index (χ2v) is 15.1. The molecule has 0 saturated carbocycles. The van der Waals surface area contributed by atoms with Crippen molar-refractivity contribution in [2.45, 2.75) is 68.5 Å². The summed E-state index contributed by atoms with van der Waals surface area (Å²) >= 11 is 1.04. The normalized spacial score (nSPS) is 25.9. The van der Waals surface area contributed by atoms with E-state index < -0.39 is 43.5 Å². The van der Waals surface area contributed by atoms with Crippen molar-refractivity contribution in [2.75, 3.05) is 31.1 Å². The van der Waals surface area contributed by atoms with E-state index in [0.29, 0.717) is 42.4 Å². The Labute approximate surface area is 281 Å². The van der Waals surface area contributed by atoms with Crippen molar-refractivity contribution in [3.05, 3.63) is 65.0 Å². The molecule has 254 valence electrons. The molecule has 5 atom stereocenters. The van der Waals surface area contributed by atoms with Gasteiger partial charge in [-0.1, -0.05) is 24.3 Å². The Morgan fingerprint density at radius 3 is 2.46 bits per heavy atom. The first-order chi connectivity index (χ1) is 22.9. The molecule has 15 heteroatoms. The predicted molar refractivity (Wildman–Crippen MR) is 177 cm³/mol. The highest BCUT2D eigenvalue weighted by atomic mass is 32.1. The maximum absolute atomic E-state index is 14.3. The number of fused-ring (bicyclic) bond motifs is 3. The summed E-state index contributed by atoms with van der Waals surface area (Å²) in [7, 11) is -3.55. The molecule has 11 nitrogen and oxygen atoms in total. The molecular weight excluding hydrogens is 663 g/mol. The first-order valence-corrected chi connectivity index (χ1v) is 18.1. The van der Waals surface area contributed by atoms with Crippen molar-refractivity contribution in [2.24, 2.45) is 0 Å². The van der Waals surface area contributed by atoms with Gasteiger partial charge in [0.25, 0.3) is 5.91 Å². The Morgan fingerprint density at radius 2 is 1.73 bits per heavy atom. The van der Waals surface area contributed by atoms with Crippen LogP contribution in [0.5, 0.6) is 0 Å². The van der Waals surface area contributed by atoms with E-state index in [1.54, 1.807) is 4.90 Å². The Hall–Kier alpha value is -3.71. The lowest BCUT2D eigenvalue weighted by atomic mass is 9.95. The first-order valence-electron chi connectivity index (χ1n) is 16.0. The predicted octanol–water partition coefficient (Wildman–Crippen LogP) is 3.45. The molecule has 2 unspecified atom stereocenters. The number of amides is 4. The Kier molecular flexibility index (Phi) is 8.64. The molecule has 4 aliphatic heterocycles. The maximum Gasteiger partial charge on any atom is 0.339 e. The van der Waals surface area contributed by atoms with Crippen LogP contribution in [0.15, 0.2) is 54.6 Å². The number of alkyl halides is 2. The summed E-state index contributed by atoms with van der Waals surface area (Å²) in [6.07, 6.45) is 2.48. The zero-order valence-electron chi connectivity index (χ0n) is 26.2. The van der Waals surface area contributed by atoms with Crippen molar-refractivity contribution >= 4 is 59.1 Å². The number of hydrogen-bond donors (Lipinski definition) is 3. The van der Waals surface area contributed by atoms with Crippen LogP contribution >= 0.6 is 19.7 Å². The largest absolute Gasteiger partial charge is 0.364 e. The Morgan fingerprint density at radius 1 is 0.958 bits per heavy atom. The number of hydrogen-bond acceptors (Lipinski definition) is 8. The monoisotopic (exact) mass is 699 g/mol. The summed E-state index contributed by atoms with van der Waals surface area (Å²) in [5.74, 6) is -1.35. The molecule has 4 fully saturated rings. The molecule has 4 aliphatic rings. The first kappa shape index (κ1) is 32.8. The number of nitrogens with zero attached hydrogens (tertiary/aromatic N) is 4. The number of anilines is 1. The van der Waals surface area contributed by atoms with Crippen molar-refractivity contribution in [1.29, 1.82) is 0 Å². The van der Waals surface area contributed by atoms with Crippen LogP contribution in [0.25, 0.3) is 10.1 Å². The second-order valence-electron chi connectivity index (χ2n) is 12.9. The Balaban J connectivity index is 1.10. The molecule has 5 heterocycles. The number of likely N-dealkylation sites (tertiary alicyclic amines) is 1. The molecule has 2 aromatic carbocycles. The second kappa shape index (κ2) is 12.6. The third-order valence-corrected chi connectivity index (χ3v) is 12.1. The van der Waals surface area contributed by atoms with Gasteiger partial charge in [0.05, 0.1) is 17.0 Å². The fourth-order valence-electron chi connectivity index (χ4n) is 7.70. The van der Waals surface area contributed by atoms with Gasteiger partial charge in [-0.05, 0) is 61.4 Å². The Bertz CT molecular complexity index is 1760. The summed E-state index contributed by atoms with van der Waals surface area (Å²) < 4.78 is 29.1. The smallest absolute Gasteiger partial charge is 0.339 e. The standard InChI is InChI=1S/C33H36F2N5O6PS/c1-19(41)37-13-11-23-8-9-26(32(44)38-14-12-25-27(38)18-39(25)22-5-3-2-4-6-22)40(23)31(43)24(17-37)36-30(42)29-16-20-15-21(7-10-28(20)48-29)33(34,35)47(45)46/h2-7,10,15-16,23-27,45-46H,8-9,11-14,17-18H2,1H3,(H,36,42)/t23-,24+,25?,26+,27?/m1/s1. The summed E-state index contributed by atoms with van der Waals surface area (Å²) in [4.78, 5) is 80.5.